The van der Waals surface area contributed by atoms with E-state index in [-0.39, 0.29) is 11.7 Å². The predicted octanol–water partition coefficient (Wildman–Crippen LogP) is 1.52. The Hall–Kier alpha value is -2.66. The van der Waals surface area contributed by atoms with Gasteiger partial charge in [0.2, 0.25) is 5.91 Å². The molecule has 0 radical (unpaired) electrons. The third-order valence-corrected chi connectivity index (χ3v) is 1.84. The van der Waals surface area contributed by atoms with Crippen LogP contribution in [0.3, 0.4) is 0 Å². The van der Waals surface area contributed by atoms with E-state index in [1.165, 1.54) is 6.92 Å². The van der Waals surface area contributed by atoms with E-state index in [1.54, 1.807) is 36.4 Å². The first-order valence-electron chi connectivity index (χ1n) is 4.88. The van der Waals surface area contributed by atoms with Gasteiger partial charge in [-0.1, -0.05) is 18.2 Å². The van der Waals surface area contributed by atoms with Crippen LogP contribution >= 0.6 is 0 Å². The minimum absolute atomic E-state index is 0.0497. The van der Waals surface area contributed by atoms with Crippen LogP contribution in [0.5, 0.6) is 0 Å². The van der Waals surface area contributed by atoms with E-state index in [0.717, 1.165) is 0 Å². The molecule has 0 aliphatic heterocycles. The fourth-order valence-electron chi connectivity index (χ4n) is 1.14. The van der Waals surface area contributed by atoms with E-state index >= 15 is 0 Å². The molecular formula is C12H10N4O. The van der Waals surface area contributed by atoms with E-state index in [2.05, 4.69) is 10.3 Å². The Morgan fingerprint density at radius 1 is 1.29 bits per heavy atom. The fraction of sp³-hybridized carbons (Fsp3) is 0.167. The first kappa shape index (κ1) is 12.4. The summed E-state index contributed by atoms with van der Waals surface area (Å²) in [6.07, 6.45) is 0. The molecule has 0 aromatic heterocycles. The number of aliphatic imine (C=N–C) groups is 1. The summed E-state index contributed by atoms with van der Waals surface area (Å²) in [5.74, 6) is -1.40. The SMILES string of the molecule is CC(=O)NC(=Nc1ccccc1)C(C#N)C#N. The van der Waals surface area contributed by atoms with Crippen LogP contribution in [0.25, 0.3) is 0 Å². The van der Waals surface area contributed by atoms with Gasteiger partial charge in [-0.05, 0) is 12.1 Å². The van der Waals surface area contributed by atoms with Crippen LogP contribution in [-0.4, -0.2) is 11.7 Å². The van der Waals surface area contributed by atoms with E-state index in [1.807, 2.05) is 6.07 Å². The summed E-state index contributed by atoms with van der Waals surface area (Å²) in [7, 11) is 0. The summed E-state index contributed by atoms with van der Waals surface area (Å²) in [6, 6.07) is 12.3. The summed E-state index contributed by atoms with van der Waals surface area (Å²) < 4.78 is 0. The van der Waals surface area contributed by atoms with Crippen LogP contribution < -0.4 is 5.32 Å². The Morgan fingerprint density at radius 2 is 1.88 bits per heavy atom. The topological polar surface area (TPSA) is 89.0 Å². The van der Waals surface area contributed by atoms with Gasteiger partial charge in [-0.3, -0.25) is 4.79 Å². The molecule has 0 spiro atoms. The monoisotopic (exact) mass is 226 g/mol. The highest BCUT2D eigenvalue weighted by Crippen LogP contribution is 2.11. The van der Waals surface area contributed by atoms with Gasteiger partial charge in [0, 0.05) is 6.92 Å². The molecule has 1 aromatic carbocycles. The number of hydrogen-bond donors (Lipinski definition) is 1. The Labute approximate surface area is 99.0 Å². The van der Waals surface area contributed by atoms with Gasteiger partial charge in [0.25, 0.3) is 0 Å². The lowest BCUT2D eigenvalue weighted by atomic mass is 10.1. The van der Waals surface area contributed by atoms with Gasteiger partial charge in [-0.2, -0.15) is 10.5 Å². The van der Waals surface area contributed by atoms with Crippen molar-refractivity contribution in [3.63, 3.8) is 0 Å². The molecule has 0 atom stereocenters. The van der Waals surface area contributed by atoms with Crippen molar-refractivity contribution in [3.8, 4) is 12.1 Å². The molecule has 1 rings (SSSR count). The van der Waals surface area contributed by atoms with Gasteiger partial charge in [-0.15, -0.1) is 0 Å². The number of nitrogens with zero attached hydrogens (tertiary/aromatic N) is 3. The molecule has 84 valence electrons. The van der Waals surface area contributed by atoms with Gasteiger partial charge in [0.05, 0.1) is 17.8 Å². The van der Waals surface area contributed by atoms with Gasteiger partial charge >= 0.3 is 0 Å². The second-order valence-corrected chi connectivity index (χ2v) is 3.20. The molecule has 0 heterocycles. The van der Waals surface area contributed by atoms with Gasteiger partial charge < -0.3 is 5.32 Å². The van der Waals surface area contributed by atoms with Crippen LogP contribution in [0, 0.1) is 28.6 Å². The number of benzene rings is 1. The number of amidine groups is 1. The predicted molar refractivity (Wildman–Crippen MR) is 62.1 cm³/mol. The number of nitriles is 2. The Kier molecular flexibility index (Phi) is 4.41. The van der Waals surface area contributed by atoms with Crippen LogP contribution in [0.1, 0.15) is 6.92 Å². The Morgan fingerprint density at radius 3 is 2.35 bits per heavy atom. The summed E-state index contributed by atoms with van der Waals surface area (Å²) in [4.78, 5) is 15.1. The molecule has 0 fully saturated rings. The zero-order valence-electron chi connectivity index (χ0n) is 9.21. The van der Waals surface area contributed by atoms with Crippen molar-refractivity contribution in [1.82, 2.24) is 5.32 Å². The molecule has 1 amide bonds. The number of nitrogens with one attached hydrogen (secondary N) is 1. The molecule has 0 saturated carbocycles. The third-order valence-electron chi connectivity index (χ3n) is 1.84. The number of carbonyl (C=O) groups excluding carboxylic acids is 1. The maximum atomic E-state index is 11.0. The summed E-state index contributed by atoms with van der Waals surface area (Å²) in [5, 5.41) is 20.0. The lowest BCUT2D eigenvalue weighted by Crippen LogP contribution is -2.33. The number of hydrogen-bond acceptors (Lipinski definition) is 4. The van der Waals surface area contributed by atoms with Crippen LogP contribution in [0.2, 0.25) is 0 Å². The normalized spacial score (nSPS) is 10.5. The average Bonchev–Trinajstić information content (AvgIpc) is 2.31. The van der Waals surface area contributed by atoms with Crippen molar-refractivity contribution in [2.45, 2.75) is 6.92 Å². The standard InChI is InChI=1S/C12H10N4O/c1-9(17)15-12(10(7-13)8-14)16-11-5-3-2-4-6-11/h2-6,10H,1H3,(H,15,16,17). The molecule has 5 heteroatoms. The minimum Gasteiger partial charge on any atom is -0.312 e. The zero-order valence-corrected chi connectivity index (χ0v) is 9.21. The van der Waals surface area contributed by atoms with Crippen molar-refractivity contribution in [2.75, 3.05) is 0 Å². The third kappa shape index (κ3) is 3.77. The lowest BCUT2D eigenvalue weighted by molar-refractivity contribution is -0.117. The molecule has 0 unspecified atom stereocenters. The van der Waals surface area contributed by atoms with Crippen LogP contribution in [0.15, 0.2) is 35.3 Å². The van der Waals surface area contributed by atoms with Crippen molar-refractivity contribution >= 4 is 17.4 Å². The summed E-state index contributed by atoms with van der Waals surface area (Å²) in [6.45, 7) is 1.30. The van der Waals surface area contributed by atoms with Crippen molar-refractivity contribution in [3.05, 3.63) is 30.3 Å². The Bertz CT molecular complexity index is 494. The average molecular weight is 226 g/mol. The number of rotatable bonds is 2. The molecule has 1 N–H and O–H groups in total. The summed E-state index contributed by atoms with van der Waals surface area (Å²) >= 11 is 0. The van der Waals surface area contributed by atoms with E-state index in [0.29, 0.717) is 5.69 Å². The van der Waals surface area contributed by atoms with Gasteiger partial charge in [0.1, 0.15) is 5.84 Å². The smallest absolute Gasteiger partial charge is 0.222 e. The van der Waals surface area contributed by atoms with Gasteiger partial charge in [-0.25, -0.2) is 4.99 Å². The molecule has 17 heavy (non-hydrogen) atoms. The fourth-order valence-corrected chi connectivity index (χ4v) is 1.14. The van der Waals surface area contributed by atoms with Crippen molar-refractivity contribution in [2.24, 2.45) is 10.9 Å². The first-order chi connectivity index (χ1) is 8.17. The molecule has 0 aliphatic rings. The maximum absolute atomic E-state index is 11.0. The quantitative estimate of drug-likeness (QED) is 0.612. The molecule has 0 aliphatic carbocycles. The van der Waals surface area contributed by atoms with Gasteiger partial charge in [0.15, 0.2) is 5.92 Å². The maximum Gasteiger partial charge on any atom is 0.222 e. The molecule has 1 aromatic rings. The first-order valence-corrected chi connectivity index (χ1v) is 4.88. The van der Waals surface area contributed by atoms with E-state index < -0.39 is 5.92 Å². The number of amides is 1. The second-order valence-electron chi connectivity index (χ2n) is 3.20. The van der Waals surface area contributed by atoms with Crippen LogP contribution in [-0.2, 0) is 4.79 Å². The van der Waals surface area contributed by atoms with Crippen LogP contribution in [0.4, 0.5) is 5.69 Å². The van der Waals surface area contributed by atoms with Crippen molar-refractivity contribution < 1.29 is 4.79 Å². The largest absolute Gasteiger partial charge is 0.312 e. The highest BCUT2D eigenvalue weighted by atomic mass is 16.1. The molecule has 5 nitrogen and oxygen atoms in total. The van der Waals surface area contributed by atoms with E-state index in [9.17, 15) is 4.79 Å². The molecular weight excluding hydrogens is 216 g/mol. The number of para-hydroxylation sites is 1. The highest BCUT2D eigenvalue weighted by molar-refractivity contribution is 6.01. The minimum atomic E-state index is -1.08. The second kappa shape index (κ2) is 6.04. The van der Waals surface area contributed by atoms with E-state index in [4.69, 9.17) is 10.5 Å². The molecule has 0 saturated heterocycles. The zero-order chi connectivity index (χ0) is 12.7. The van der Waals surface area contributed by atoms with Crippen molar-refractivity contribution in [1.29, 1.82) is 10.5 Å². The summed E-state index contributed by atoms with van der Waals surface area (Å²) in [5.41, 5.74) is 0.576. The Balaban J connectivity index is 3.07. The molecule has 0 bridgehead atoms. The lowest BCUT2D eigenvalue weighted by Gasteiger charge is -2.06. The highest BCUT2D eigenvalue weighted by Gasteiger charge is 2.15. The number of carbonyl (C=O) groups is 1.